The van der Waals surface area contributed by atoms with Crippen molar-refractivity contribution >= 4 is 39.5 Å². The van der Waals surface area contributed by atoms with Crippen molar-refractivity contribution in [2.45, 2.75) is 341 Å². The van der Waals surface area contributed by atoms with Gasteiger partial charge in [0.15, 0.2) is 12.2 Å². The van der Waals surface area contributed by atoms with Gasteiger partial charge in [0.2, 0.25) is 0 Å². The van der Waals surface area contributed by atoms with E-state index >= 15 is 0 Å². The number of hydrogen-bond acceptors (Lipinski definition) is 15. The highest BCUT2D eigenvalue weighted by Gasteiger charge is 2.30. The Morgan fingerprint density at radius 3 is 0.880 bits per heavy atom. The van der Waals surface area contributed by atoms with Crippen molar-refractivity contribution in [1.82, 2.24) is 0 Å². The summed E-state index contributed by atoms with van der Waals surface area (Å²) in [6.45, 7) is 4.69. The molecule has 0 aliphatic carbocycles. The maximum absolute atomic E-state index is 13.1. The molecule has 0 aromatic heterocycles. The number of aliphatic hydroxyl groups excluding tert-OH is 1. The van der Waals surface area contributed by atoms with Crippen molar-refractivity contribution in [2.24, 2.45) is 0 Å². The van der Waals surface area contributed by atoms with Crippen molar-refractivity contribution in [1.29, 1.82) is 0 Å². The molecule has 0 amide bonds. The van der Waals surface area contributed by atoms with Crippen molar-refractivity contribution < 1.29 is 80.2 Å². The van der Waals surface area contributed by atoms with Crippen LogP contribution in [0.15, 0.2) is 109 Å². The SMILES string of the molecule is CCCCC/C=C\C/C=C\C/C=C\C/C=C\CCCC(=O)OC[C@H](COP(=O)(O)OC[C@@H](O)COP(=O)(O)OC[C@@H](COC(=O)CCCCCCC/C=C\C=C/CCCCCC)OC(=O)CCCCCCC/C=C\CCCCCC)OC(=O)CCCCCCC/C=C\C/C=C\CCCCC. The second-order valence-electron chi connectivity index (χ2n) is 26.0. The number of rotatable bonds is 73. The molecule has 19 heteroatoms. The second kappa shape index (κ2) is 73.0. The van der Waals surface area contributed by atoms with Crippen LogP contribution in [-0.2, 0) is 65.4 Å². The van der Waals surface area contributed by atoms with Gasteiger partial charge in [-0.2, -0.15) is 0 Å². The van der Waals surface area contributed by atoms with Crippen LogP contribution >= 0.6 is 15.6 Å². The highest BCUT2D eigenvalue weighted by Crippen LogP contribution is 2.45. The van der Waals surface area contributed by atoms with E-state index in [1.54, 1.807) is 0 Å². The summed E-state index contributed by atoms with van der Waals surface area (Å²) in [7, 11) is -9.98. The van der Waals surface area contributed by atoms with E-state index in [0.29, 0.717) is 32.1 Å². The number of phosphoric acid groups is 2. The van der Waals surface area contributed by atoms with Gasteiger partial charge >= 0.3 is 39.5 Å². The van der Waals surface area contributed by atoms with E-state index in [1.807, 2.05) is 12.2 Å². The van der Waals surface area contributed by atoms with Crippen LogP contribution in [0.5, 0.6) is 0 Å². The Morgan fingerprint density at radius 2 is 0.530 bits per heavy atom. The molecule has 0 aromatic carbocycles. The predicted octanol–water partition coefficient (Wildman–Crippen LogP) is 22.6. The normalized spacial score (nSPS) is 14.5. The minimum absolute atomic E-state index is 0.0659. The summed E-state index contributed by atoms with van der Waals surface area (Å²) in [5.74, 6) is -2.27. The van der Waals surface area contributed by atoms with Crippen molar-refractivity contribution in [3.05, 3.63) is 109 Å². The standard InChI is InChI=1S/C81H140O17P2/c1-5-9-13-17-21-25-29-33-36-37-40-43-46-50-54-58-62-66-79(84)92-72-77(98-81(86)68-64-60-56-52-48-44-39-35-31-27-23-19-15-11-7-3)74-96-100(89,90)94-70-75(82)69-93-99(87,88)95-73-76(97-80(85)67-63-59-55-51-47-41-32-28-24-20-16-12-8-4)71-91-78(83)65-61-57-53-49-45-42-38-34-30-26-22-18-14-10-6-2/h21,23,25-28,30,32-36,38-40,43,50,54,75-77,82H,5-20,22,24,29,31,37,41-42,44-49,51-53,55-74H2,1-4H3,(H,87,88)(H,89,90)/b25-21-,27-23-,30-26-,32-28-,36-33-,38-34-,39-35-,43-40-,54-50-/t75-,76+,77+/m0/s1. The lowest BCUT2D eigenvalue weighted by Gasteiger charge is -2.21. The summed E-state index contributed by atoms with van der Waals surface area (Å²) in [6.07, 6.45) is 77.9. The molecule has 5 atom stereocenters. The topological polar surface area (TPSA) is 237 Å². The molecule has 0 fully saturated rings. The average molecular weight is 1450 g/mol. The van der Waals surface area contributed by atoms with Gasteiger partial charge in [0.25, 0.3) is 0 Å². The number of phosphoric ester groups is 2. The van der Waals surface area contributed by atoms with Gasteiger partial charge in [-0.15, -0.1) is 0 Å². The van der Waals surface area contributed by atoms with Gasteiger partial charge in [-0.05, 0) is 148 Å². The molecule has 3 N–H and O–H groups in total. The molecule has 100 heavy (non-hydrogen) atoms. The lowest BCUT2D eigenvalue weighted by molar-refractivity contribution is -0.161. The highest BCUT2D eigenvalue weighted by atomic mass is 31.2. The first-order chi connectivity index (χ1) is 48.7. The molecule has 0 aliphatic rings. The number of hydrogen-bond donors (Lipinski definition) is 3. The molecule has 0 radical (unpaired) electrons. The smallest absolute Gasteiger partial charge is 0.462 e. The van der Waals surface area contributed by atoms with Gasteiger partial charge in [-0.3, -0.25) is 37.3 Å². The van der Waals surface area contributed by atoms with Gasteiger partial charge in [-0.25, -0.2) is 9.13 Å². The van der Waals surface area contributed by atoms with Crippen LogP contribution in [0.2, 0.25) is 0 Å². The number of ether oxygens (including phenoxy) is 4. The van der Waals surface area contributed by atoms with Crippen molar-refractivity contribution in [2.75, 3.05) is 39.6 Å². The molecule has 0 spiro atoms. The molecule has 0 saturated carbocycles. The minimum atomic E-state index is -4.99. The minimum Gasteiger partial charge on any atom is -0.462 e. The summed E-state index contributed by atoms with van der Waals surface area (Å²) in [5.41, 5.74) is 0. The summed E-state index contributed by atoms with van der Waals surface area (Å²) >= 11 is 0. The monoisotopic (exact) mass is 1450 g/mol. The first-order valence-corrected chi connectivity index (χ1v) is 42.1. The fraction of sp³-hybridized carbons (Fsp3) is 0.728. The number of allylic oxidation sites excluding steroid dienone is 18. The lowest BCUT2D eigenvalue weighted by Crippen LogP contribution is -2.30. The fourth-order valence-corrected chi connectivity index (χ4v) is 11.7. The van der Waals surface area contributed by atoms with Crippen LogP contribution in [0, 0.1) is 0 Å². The third kappa shape index (κ3) is 72.1. The fourth-order valence-electron chi connectivity index (χ4n) is 10.2. The Balaban J connectivity index is 5.42. The van der Waals surface area contributed by atoms with E-state index < -0.39 is 97.5 Å². The molecule has 0 aromatic rings. The van der Waals surface area contributed by atoms with Gasteiger partial charge in [0, 0.05) is 25.7 Å². The van der Waals surface area contributed by atoms with Crippen LogP contribution in [0.3, 0.4) is 0 Å². The molecular formula is C81H140O17P2. The Kier molecular flexibility index (Phi) is 69.9. The van der Waals surface area contributed by atoms with E-state index in [9.17, 15) is 43.2 Å². The van der Waals surface area contributed by atoms with E-state index in [1.165, 1.54) is 89.9 Å². The summed E-state index contributed by atoms with van der Waals surface area (Å²) in [5, 5.41) is 10.6. The quantitative estimate of drug-likeness (QED) is 0.0128. The maximum Gasteiger partial charge on any atom is 0.472 e. The lowest BCUT2D eigenvalue weighted by atomic mass is 10.1. The zero-order chi connectivity index (χ0) is 73.2. The Hall–Kier alpha value is -4.28. The Bertz CT molecular complexity index is 2320. The van der Waals surface area contributed by atoms with Gasteiger partial charge in [0.1, 0.15) is 19.3 Å². The zero-order valence-corrected chi connectivity index (χ0v) is 64.6. The van der Waals surface area contributed by atoms with Gasteiger partial charge in [0.05, 0.1) is 26.4 Å². The highest BCUT2D eigenvalue weighted by molar-refractivity contribution is 7.47. The first-order valence-electron chi connectivity index (χ1n) is 39.1. The number of unbranched alkanes of at least 4 members (excludes halogenated alkanes) is 30. The first kappa shape index (κ1) is 95.7. The molecule has 17 nitrogen and oxygen atoms in total. The van der Waals surface area contributed by atoms with Crippen molar-refractivity contribution in [3.63, 3.8) is 0 Å². The predicted molar refractivity (Wildman–Crippen MR) is 408 cm³/mol. The molecular weight excluding hydrogens is 1310 g/mol. The van der Waals surface area contributed by atoms with Crippen LogP contribution in [0.4, 0.5) is 0 Å². The Morgan fingerprint density at radius 1 is 0.290 bits per heavy atom. The maximum atomic E-state index is 13.1. The molecule has 2 unspecified atom stereocenters. The zero-order valence-electron chi connectivity index (χ0n) is 62.8. The number of carbonyl (C=O) groups is 4. The third-order valence-corrected chi connectivity index (χ3v) is 18.1. The Labute approximate surface area is 607 Å². The third-order valence-electron chi connectivity index (χ3n) is 16.2. The average Bonchev–Trinajstić information content (AvgIpc) is 1.06. The molecule has 0 heterocycles. The number of carbonyl (C=O) groups excluding carboxylic acids is 4. The largest absolute Gasteiger partial charge is 0.472 e. The molecule has 0 bridgehead atoms. The number of aliphatic hydroxyl groups is 1. The molecule has 0 rings (SSSR count). The van der Waals surface area contributed by atoms with Gasteiger partial charge in [-0.1, -0.05) is 259 Å². The summed E-state index contributed by atoms with van der Waals surface area (Å²) in [4.78, 5) is 72.9. The molecule has 576 valence electrons. The van der Waals surface area contributed by atoms with Crippen molar-refractivity contribution in [3.8, 4) is 0 Å². The second-order valence-corrected chi connectivity index (χ2v) is 28.9. The van der Waals surface area contributed by atoms with E-state index in [-0.39, 0.29) is 25.7 Å². The summed E-state index contributed by atoms with van der Waals surface area (Å²) < 4.78 is 68.4. The molecule has 0 aliphatic heterocycles. The van der Waals surface area contributed by atoms with Crippen LogP contribution in [0.1, 0.15) is 323 Å². The summed E-state index contributed by atoms with van der Waals surface area (Å²) in [6, 6.07) is 0. The van der Waals surface area contributed by atoms with Crippen LogP contribution < -0.4 is 0 Å². The van der Waals surface area contributed by atoms with E-state index in [2.05, 4.69) is 125 Å². The van der Waals surface area contributed by atoms with Crippen LogP contribution in [-0.4, -0.2) is 96.7 Å². The van der Waals surface area contributed by atoms with E-state index in [4.69, 9.17) is 37.0 Å². The number of esters is 4. The van der Waals surface area contributed by atoms with E-state index in [0.717, 1.165) is 148 Å². The van der Waals surface area contributed by atoms with Crippen LogP contribution in [0.25, 0.3) is 0 Å². The van der Waals surface area contributed by atoms with Gasteiger partial charge < -0.3 is 33.8 Å². The molecule has 0 saturated heterocycles.